The van der Waals surface area contributed by atoms with Gasteiger partial charge in [-0.3, -0.25) is 0 Å². The number of aryl methyl sites for hydroxylation is 2. The molecule has 0 spiro atoms. The van der Waals surface area contributed by atoms with Gasteiger partial charge in [0, 0.05) is 22.3 Å². The first-order chi connectivity index (χ1) is 9.75. The number of benzene rings is 1. The molecule has 0 saturated carbocycles. The van der Waals surface area contributed by atoms with Gasteiger partial charge >= 0.3 is 0 Å². The first-order valence-electron chi connectivity index (χ1n) is 6.63. The molecule has 5 aromatic rings. The maximum atomic E-state index is 4.56. The van der Waals surface area contributed by atoms with Crippen molar-refractivity contribution in [1.29, 1.82) is 0 Å². The van der Waals surface area contributed by atoms with Crippen LogP contribution >= 0.6 is 11.3 Å². The number of aromatic nitrogens is 3. The summed E-state index contributed by atoms with van der Waals surface area (Å²) in [6.45, 7) is 2.19. The molecule has 0 aliphatic carbocycles. The highest BCUT2D eigenvalue weighted by atomic mass is 32.1. The minimum Gasteiger partial charge on any atom is -0.314 e. The fourth-order valence-electron chi connectivity index (χ4n) is 3.34. The molecule has 0 N–H and O–H groups in total. The normalized spacial score (nSPS) is 12.5. The molecule has 0 unspecified atom stereocenters. The van der Waals surface area contributed by atoms with E-state index in [1.807, 2.05) is 6.33 Å². The Hall–Kier alpha value is -2.20. The first kappa shape index (κ1) is 10.6. The van der Waals surface area contributed by atoms with E-state index in [0.29, 0.717) is 0 Å². The van der Waals surface area contributed by atoms with Crippen molar-refractivity contribution in [1.82, 2.24) is 9.38 Å². The average Bonchev–Trinajstić information content (AvgIpc) is 3.04. The van der Waals surface area contributed by atoms with Gasteiger partial charge in [0.1, 0.15) is 5.39 Å². The third kappa shape index (κ3) is 1.04. The van der Waals surface area contributed by atoms with Gasteiger partial charge in [-0.1, -0.05) is 23.5 Å². The topological polar surface area (TPSA) is 21.2 Å². The van der Waals surface area contributed by atoms with Crippen molar-refractivity contribution in [2.45, 2.75) is 6.92 Å². The second-order valence-electron chi connectivity index (χ2n) is 5.39. The van der Waals surface area contributed by atoms with Gasteiger partial charge in [0.25, 0.3) is 6.33 Å². The predicted molar refractivity (Wildman–Crippen MR) is 82.7 cm³/mol. The van der Waals surface area contributed by atoms with Crippen molar-refractivity contribution >= 4 is 48.9 Å². The van der Waals surface area contributed by atoms with E-state index in [1.165, 1.54) is 38.3 Å². The highest BCUT2D eigenvalue weighted by molar-refractivity contribution is 7.17. The minimum absolute atomic E-state index is 1.11. The van der Waals surface area contributed by atoms with Crippen LogP contribution in [0, 0.1) is 6.92 Å². The summed E-state index contributed by atoms with van der Waals surface area (Å²) in [4.78, 5) is 5.68. The third-order valence-corrected chi connectivity index (χ3v) is 5.12. The zero-order valence-electron chi connectivity index (χ0n) is 11.2. The zero-order chi connectivity index (χ0) is 13.4. The average molecular weight is 278 g/mol. The molecule has 0 aliphatic heterocycles. The van der Waals surface area contributed by atoms with E-state index in [0.717, 1.165) is 4.83 Å². The van der Waals surface area contributed by atoms with Gasteiger partial charge in [0.2, 0.25) is 4.83 Å². The zero-order valence-corrected chi connectivity index (χ0v) is 12.0. The van der Waals surface area contributed by atoms with Crippen LogP contribution in [0.15, 0.2) is 36.1 Å². The Morgan fingerprint density at radius 1 is 1.20 bits per heavy atom. The van der Waals surface area contributed by atoms with Gasteiger partial charge in [-0.15, -0.1) is 0 Å². The van der Waals surface area contributed by atoms with Gasteiger partial charge in [-0.25, -0.2) is 4.57 Å². The maximum Gasteiger partial charge on any atom is 0.288 e. The smallest absolute Gasteiger partial charge is 0.288 e. The van der Waals surface area contributed by atoms with Crippen LogP contribution in [0.25, 0.3) is 37.5 Å². The van der Waals surface area contributed by atoms with Crippen molar-refractivity contribution < 1.29 is 4.57 Å². The molecule has 0 radical (unpaired) electrons. The number of nitrogens with zero attached hydrogens (tertiary/aromatic N) is 3. The minimum atomic E-state index is 1.11. The van der Waals surface area contributed by atoms with E-state index in [9.17, 15) is 0 Å². The summed E-state index contributed by atoms with van der Waals surface area (Å²) in [7, 11) is 2.08. The fraction of sp³-hybridized carbons (Fsp3) is 0.125. The molecule has 0 aliphatic rings. The second-order valence-corrected chi connectivity index (χ2v) is 6.24. The largest absolute Gasteiger partial charge is 0.314 e. The summed E-state index contributed by atoms with van der Waals surface area (Å²) in [5, 5.41) is 6.13. The summed E-state index contributed by atoms with van der Waals surface area (Å²) >= 11 is 1.72. The lowest BCUT2D eigenvalue weighted by atomic mass is 10.0. The Morgan fingerprint density at radius 3 is 3.00 bits per heavy atom. The number of pyridine rings is 1. The van der Waals surface area contributed by atoms with Crippen LogP contribution in [0.3, 0.4) is 0 Å². The van der Waals surface area contributed by atoms with Crippen molar-refractivity contribution in [3.8, 4) is 0 Å². The summed E-state index contributed by atoms with van der Waals surface area (Å²) in [6, 6.07) is 6.62. The lowest BCUT2D eigenvalue weighted by Gasteiger charge is -2.09. The molecule has 1 aromatic carbocycles. The molecule has 4 aromatic heterocycles. The lowest BCUT2D eigenvalue weighted by molar-refractivity contribution is -0.646. The van der Waals surface area contributed by atoms with Crippen LogP contribution in [0.1, 0.15) is 5.56 Å². The standard InChI is InChI=1S/C16H12N3S/c1-9-3-4-10-5-6-19-11-7-20-16-13(11)15(12(9)14(10)19)18(2)8-17-16/h3-8H,1-2H3/q+1. The number of thiophene rings is 1. The van der Waals surface area contributed by atoms with Gasteiger partial charge in [0.15, 0.2) is 5.52 Å². The molecule has 0 saturated heterocycles. The Kier molecular flexibility index (Phi) is 1.73. The lowest BCUT2D eigenvalue weighted by Crippen LogP contribution is -2.29. The quantitative estimate of drug-likeness (QED) is 0.314. The number of fused-ring (bicyclic) bond motifs is 2. The molecule has 0 atom stereocenters. The molecule has 20 heavy (non-hydrogen) atoms. The van der Waals surface area contributed by atoms with E-state index < -0.39 is 0 Å². The molecular formula is C16H12N3S+. The van der Waals surface area contributed by atoms with Gasteiger partial charge < -0.3 is 4.40 Å². The molecule has 0 fully saturated rings. The summed E-state index contributed by atoms with van der Waals surface area (Å²) in [5.41, 5.74) is 5.19. The van der Waals surface area contributed by atoms with Crippen LogP contribution in [0.2, 0.25) is 0 Å². The Labute approximate surface area is 119 Å². The number of hydrogen-bond acceptors (Lipinski definition) is 2. The second kappa shape index (κ2) is 3.27. The molecule has 4 heterocycles. The Morgan fingerprint density at radius 2 is 2.10 bits per heavy atom. The SMILES string of the molecule is Cc1ccc2ccn3c4csc5nc[n+](C)c(c1c23)c54. The van der Waals surface area contributed by atoms with Crippen LogP contribution in [-0.2, 0) is 7.05 Å². The van der Waals surface area contributed by atoms with Crippen LogP contribution in [-0.4, -0.2) is 9.38 Å². The van der Waals surface area contributed by atoms with Gasteiger partial charge in [-0.2, -0.15) is 0 Å². The molecule has 0 bridgehead atoms. The summed E-state index contributed by atoms with van der Waals surface area (Å²) < 4.78 is 4.46. The van der Waals surface area contributed by atoms with Crippen molar-refractivity contribution in [2.24, 2.45) is 7.05 Å². The highest BCUT2D eigenvalue weighted by Crippen LogP contribution is 2.37. The molecular weight excluding hydrogens is 266 g/mol. The van der Waals surface area contributed by atoms with Crippen LogP contribution in [0.4, 0.5) is 0 Å². The monoisotopic (exact) mass is 278 g/mol. The molecule has 5 rings (SSSR count). The predicted octanol–water partition coefficient (Wildman–Crippen LogP) is 3.43. The van der Waals surface area contributed by atoms with E-state index >= 15 is 0 Å². The Balaban J connectivity index is 2.35. The first-order valence-corrected chi connectivity index (χ1v) is 7.51. The summed E-state index contributed by atoms with van der Waals surface area (Å²) in [5.74, 6) is 0. The van der Waals surface area contributed by atoms with Gasteiger partial charge in [0.05, 0.1) is 18.1 Å². The summed E-state index contributed by atoms with van der Waals surface area (Å²) in [6.07, 6.45) is 4.10. The third-order valence-electron chi connectivity index (χ3n) is 4.25. The van der Waals surface area contributed by atoms with E-state index in [1.54, 1.807) is 11.3 Å². The Bertz CT molecular complexity index is 1030. The van der Waals surface area contributed by atoms with Crippen molar-refractivity contribution in [3.63, 3.8) is 0 Å². The van der Waals surface area contributed by atoms with Crippen molar-refractivity contribution in [3.05, 3.63) is 41.7 Å². The van der Waals surface area contributed by atoms with Crippen molar-refractivity contribution in [2.75, 3.05) is 0 Å². The van der Waals surface area contributed by atoms with Crippen LogP contribution in [0.5, 0.6) is 0 Å². The van der Waals surface area contributed by atoms with E-state index in [4.69, 9.17) is 0 Å². The molecule has 96 valence electrons. The van der Waals surface area contributed by atoms with E-state index in [2.05, 4.69) is 57.7 Å². The number of rotatable bonds is 0. The molecule has 0 amide bonds. The van der Waals surface area contributed by atoms with Gasteiger partial charge in [-0.05, 0) is 23.5 Å². The van der Waals surface area contributed by atoms with Crippen LogP contribution < -0.4 is 4.57 Å². The highest BCUT2D eigenvalue weighted by Gasteiger charge is 2.21. The fourth-order valence-corrected chi connectivity index (χ4v) is 4.22. The molecule has 3 nitrogen and oxygen atoms in total. The molecule has 4 heteroatoms. The maximum absolute atomic E-state index is 4.56. The van der Waals surface area contributed by atoms with E-state index in [-0.39, 0.29) is 0 Å². The number of hydrogen-bond donors (Lipinski definition) is 0.